The first-order chi connectivity index (χ1) is 26.2. The van der Waals surface area contributed by atoms with Crippen LogP contribution in [-0.4, -0.2) is 95.1 Å². The zero-order valence-corrected chi connectivity index (χ0v) is 32.9. The number of nitrogens with zero attached hydrogens (tertiary/aromatic N) is 1. The van der Waals surface area contributed by atoms with E-state index in [4.69, 9.17) is 20.2 Å². The van der Waals surface area contributed by atoms with Gasteiger partial charge in [-0.1, -0.05) is 44.6 Å². The molecule has 3 fully saturated rings. The highest BCUT2D eigenvalue weighted by Crippen LogP contribution is 2.61. The van der Waals surface area contributed by atoms with Crippen molar-refractivity contribution in [3.8, 4) is 11.5 Å². The molecule has 300 valence electrons. The quantitative estimate of drug-likeness (QED) is 0.0513. The second-order valence-corrected chi connectivity index (χ2v) is 17.0. The number of aliphatic hydroxyl groups is 5. The first-order valence-electron chi connectivity index (χ1n) is 21.2. The molecule has 54 heavy (non-hydrogen) atoms. The van der Waals surface area contributed by atoms with Gasteiger partial charge >= 0.3 is 0 Å². The Labute approximate surface area is 324 Å². The van der Waals surface area contributed by atoms with Crippen molar-refractivity contribution < 1.29 is 29.9 Å². The van der Waals surface area contributed by atoms with E-state index < -0.39 is 12.2 Å². The third-order valence-electron chi connectivity index (χ3n) is 13.1. The maximum Gasteiger partial charge on any atom is 0.208 e. The predicted octanol–water partition coefficient (Wildman–Crippen LogP) is 5.19. The molecular formula is C44H69N4O6+. The van der Waals surface area contributed by atoms with Gasteiger partial charge in [0, 0.05) is 38.6 Å². The third kappa shape index (κ3) is 9.86. The molecule has 0 radical (unpaired) electrons. The van der Waals surface area contributed by atoms with Crippen molar-refractivity contribution in [3.63, 3.8) is 0 Å². The number of fused-ring (bicyclic) bond motifs is 3. The molecule has 7 unspecified atom stereocenters. The molecule has 0 amide bonds. The summed E-state index contributed by atoms with van der Waals surface area (Å²) in [6.07, 6.45) is 21.8. The number of rotatable bonds is 21. The molecule has 9 N–H and O–H groups in total. The number of aliphatic hydroxyl groups excluding tert-OH is 3. The van der Waals surface area contributed by atoms with Crippen molar-refractivity contribution in [1.29, 1.82) is 0 Å². The number of nitrogens with one attached hydrogen (secondary N) is 2. The molecular weight excluding hydrogens is 681 g/mol. The second-order valence-electron chi connectivity index (χ2n) is 17.0. The van der Waals surface area contributed by atoms with Gasteiger partial charge in [0.15, 0.2) is 17.6 Å². The lowest BCUT2D eigenvalue weighted by atomic mass is 9.65. The Hall–Kier alpha value is -2.57. The first kappa shape index (κ1) is 41.1. The van der Waals surface area contributed by atoms with Crippen LogP contribution in [-0.2, 0) is 6.42 Å². The van der Waals surface area contributed by atoms with E-state index in [1.54, 1.807) is 6.07 Å². The number of aryl methyl sites for hydroxylation is 1. The number of allylic oxidation sites excluding steroid dienone is 1. The molecule has 10 nitrogen and oxygen atoms in total. The first-order valence-corrected chi connectivity index (χ1v) is 21.2. The molecule has 3 saturated carbocycles. The van der Waals surface area contributed by atoms with Gasteiger partial charge in [-0.05, 0) is 107 Å². The summed E-state index contributed by atoms with van der Waals surface area (Å²) in [5, 5.41) is 49.6. The Morgan fingerprint density at radius 2 is 1.89 bits per heavy atom. The fraction of sp³-hybridized carbons (Fsp3) is 0.705. The van der Waals surface area contributed by atoms with Crippen LogP contribution in [0.25, 0.3) is 0 Å². The number of hydrogen-bond donors (Lipinski definition) is 7. The standard InChI is InChI=1S/C44H68N4O6/c1-29(50)25-47-38(26-46-2)43-33-11-10-12-35(33)44(18-7-8-19-44)24-37-34(43)23-36(48-37)40(52)28-53-42-21-30(15-17-39(42)51)14-16-32-22-31(27-49)41(54-32)13-6-4-3-5-9-20-45/h15,17,21-23,29,33,35,38,40-41,43,46-47,49-50,52,54H,3-14,16,18-20,24-28,45H2,1-2H3/p+1. The zero-order chi connectivity index (χ0) is 38.1. The maximum absolute atomic E-state index is 11.6. The van der Waals surface area contributed by atoms with E-state index in [1.165, 1.54) is 63.7 Å². The number of ether oxygens (including phenoxy) is 2. The Bertz CT molecular complexity index is 1440. The molecule has 7 atom stereocenters. The van der Waals surface area contributed by atoms with Gasteiger partial charge in [0.2, 0.25) is 5.70 Å². The Morgan fingerprint density at radius 1 is 1.09 bits per heavy atom. The molecule has 0 aromatic heterocycles. The van der Waals surface area contributed by atoms with Crippen LogP contribution in [0.2, 0.25) is 0 Å². The molecule has 1 aromatic rings. The normalized spacial score (nSPS) is 26.3. The average Bonchev–Trinajstić information content (AvgIpc) is 3.98. The zero-order valence-electron chi connectivity index (χ0n) is 32.9. The highest BCUT2D eigenvalue weighted by atomic mass is 16.5. The van der Waals surface area contributed by atoms with E-state index in [9.17, 15) is 20.4 Å². The number of phenols is 1. The lowest BCUT2D eigenvalue weighted by molar-refractivity contribution is -0.0552. The number of unbranched alkanes of at least 4 members (excludes halogenated alkanes) is 4. The van der Waals surface area contributed by atoms with Crippen molar-refractivity contribution in [2.45, 2.75) is 134 Å². The van der Waals surface area contributed by atoms with Crippen LogP contribution >= 0.6 is 0 Å². The molecule has 0 saturated heterocycles. The highest BCUT2D eigenvalue weighted by Gasteiger charge is 2.59. The Morgan fingerprint density at radius 3 is 2.65 bits per heavy atom. The predicted molar refractivity (Wildman–Crippen MR) is 215 cm³/mol. The molecule has 5 aliphatic rings. The van der Waals surface area contributed by atoms with Crippen molar-refractivity contribution >= 4 is 5.71 Å². The van der Waals surface area contributed by atoms with Gasteiger partial charge in [0.05, 0.1) is 18.1 Å². The largest absolute Gasteiger partial charge is 0.504 e. The van der Waals surface area contributed by atoms with E-state index >= 15 is 0 Å². The fourth-order valence-electron chi connectivity index (χ4n) is 10.5. The minimum absolute atomic E-state index is 0.0157. The summed E-state index contributed by atoms with van der Waals surface area (Å²) >= 11 is 0. The second kappa shape index (κ2) is 19.5. The topological polar surface area (TPSA) is 165 Å². The maximum atomic E-state index is 11.6. The van der Waals surface area contributed by atoms with Crippen LogP contribution < -0.4 is 21.1 Å². The molecule has 1 aromatic carbocycles. The van der Waals surface area contributed by atoms with Crippen molar-refractivity contribution in [2.24, 2.45) is 33.9 Å². The van der Waals surface area contributed by atoms with Crippen LogP contribution in [0.3, 0.4) is 0 Å². The van der Waals surface area contributed by atoms with E-state index in [0.29, 0.717) is 29.8 Å². The van der Waals surface area contributed by atoms with Crippen molar-refractivity contribution in [2.75, 3.05) is 39.9 Å². The summed E-state index contributed by atoms with van der Waals surface area (Å²) in [5.74, 6) is 3.10. The van der Waals surface area contributed by atoms with Gasteiger partial charge in [-0.2, -0.15) is 0 Å². The molecule has 6 rings (SSSR count). The van der Waals surface area contributed by atoms with Crippen LogP contribution in [0, 0.1) is 35.2 Å². The number of aliphatic imine (C=N–C) groups is 1. The summed E-state index contributed by atoms with van der Waals surface area (Å²) in [7, 11) is 2.00. The van der Waals surface area contributed by atoms with Crippen LogP contribution in [0.15, 0.2) is 46.6 Å². The number of phenolic OH excluding ortho intramolecular Hbond substituents is 1. The van der Waals surface area contributed by atoms with E-state index in [-0.39, 0.29) is 42.4 Å². The monoisotopic (exact) mass is 750 g/mol. The van der Waals surface area contributed by atoms with Gasteiger partial charge in [-0.15, -0.1) is 16.6 Å². The van der Waals surface area contributed by atoms with Gasteiger partial charge in [0.25, 0.3) is 0 Å². The van der Waals surface area contributed by atoms with Crippen molar-refractivity contribution in [1.82, 2.24) is 10.6 Å². The van der Waals surface area contributed by atoms with Gasteiger partial charge < -0.3 is 46.3 Å². The van der Waals surface area contributed by atoms with Crippen LogP contribution in [0.5, 0.6) is 11.5 Å². The summed E-state index contributed by atoms with van der Waals surface area (Å²) in [6.45, 7) is 3.93. The Balaban J connectivity index is 1.09. The van der Waals surface area contributed by atoms with Gasteiger partial charge in [0.1, 0.15) is 30.4 Å². The lowest BCUT2D eigenvalue weighted by Crippen LogP contribution is -2.50. The van der Waals surface area contributed by atoms with Gasteiger partial charge in [-0.25, -0.2) is 0 Å². The van der Waals surface area contributed by atoms with Gasteiger partial charge in [-0.3, -0.25) is 0 Å². The number of nitrogens with two attached hydrogens (primary N) is 1. The molecule has 10 heteroatoms. The van der Waals surface area contributed by atoms with Crippen LogP contribution in [0.4, 0.5) is 0 Å². The molecule has 3 aliphatic carbocycles. The highest BCUT2D eigenvalue weighted by molar-refractivity contribution is 6.03. The van der Waals surface area contributed by atoms with Crippen molar-refractivity contribution in [3.05, 3.63) is 59.2 Å². The molecule has 1 spiro atoms. The number of aromatic hydroxyl groups is 1. The summed E-state index contributed by atoms with van der Waals surface area (Å²) in [6, 6.07) is 5.56. The molecule has 2 aliphatic heterocycles. The smallest absolute Gasteiger partial charge is 0.208 e. The Kier molecular flexibility index (Phi) is 14.9. The molecule has 2 heterocycles. The minimum atomic E-state index is -0.944. The fourth-order valence-corrected chi connectivity index (χ4v) is 10.5. The summed E-state index contributed by atoms with van der Waals surface area (Å²) in [4.78, 5) is 5.19. The summed E-state index contributed by atoms with van der Waals surface area (Å²) < 4.78 is 11.1. The minimum Gasteiger partial charge on any atom is -0.504 e. The summed E-state index contributed by atoms with van der Waals surface area (Å²) in [5.41, 5.74) is 9.67. The SMILES string of the molecule is CNCC(NCC(C)O)C1[C+]2C=C(C(O)COc3cc(CC[C-]4C=C(CO)C(CCCCCCCN)[OH+]4)ccc3O)N=C2CC2(CCCC2)C2CCCC12. The average molecular weight is 750 g/mol. The number of likely N-dealkylation sites (N-methyl/N-ethyl adjacent to an activating group) is 1. The van der Waals surface area contributed by atoms with Crippen LogP contribution in [0.1, 0.15) is 109 Å². The van der Waals surface area contributed by atoms with E-state index in [1.807, 2.05) is 26.1 Å². The third-order valence-corrected chi connectivity index (χ3v) is 13.1. The van der Waals surface area contributed by atoms with E-state index in [0.717, 1.165) is 81.0 Å². The lowest BCUT2D eigenvalue weighted by Gasteiger charge is -2.39. The number of hydrogen-bond acceptors (Lipinski definition) is 9. The number of benzene rings is 1. The molecule has 0 bridgehead atoms. The van der Waals surface area contributed by atoms with E-state index in [2.05, 4.69) is 22.8 Å².